The van der Waals surface area contributed by atoms with Crippen molar-refractivity contribution in [2.75, 3.05) is 4.31 Å². The lowest BCUT2D eigenvalue weighted by Crippen LogP contribution is -2.26. The summed E-state index contributed by atoms with van der Waals surface area (Å²) in [6.45, 7) is 1.91. The van der Waals surface area contributed by atoms with Gasteiger partial charge >= 0.3 is 0 Å². The minimum absolute atomic E-state index is 0.160. The van der Waals surface area contributed by atoms with Crippen LogP contribution in [0.3, 0.4) is 0 Å². The molecule has 0 aliphatic carbocycles. The molecule has 4 rings (SSSR count). The van der Waals surface area contributed by atoms with Gasteiger partial charge in [-0.05, 0) is 37.3 Å². The molecule has 4 aromatic rings. The number of rotatable bonds is 4. The van der Waals surface area contributed by atoms with E-state index >= 15 is 0 Å². The Balaban J connectivity index is 1.90. The van der Waals surface area contributed by atoms with Gasteiger partial charge in [0.15, 0.2) is 0 Å². The molecule has 0 unspecified atom stereocenters. The van der Waals surface area contributed by atoms with Crippen molar-refractivity contribution < 1.29 is 8.42 Å². The molecule has 0 amide bonds. The third kappa shape index (κ3) is 3.18. The van der Waals surface area contributed by atoms with Crippen LogP contribution < -0.4 is 4.31 Å². The molecule has 1 heterocycles. The molecule has 29 heavy (non-hydrogen) atoms. The third-order valence-corrected chi connectivity index (χ3v) is 6.68. The van der Waals surface area contributed by atoms with E-state index < -0.39 is 10.0 Å². The van der Waals surface area contributed by atoms with Gasteiger partial charge in [0, 0.05) is 29.6 Å². The number of sulfonamides is 1. The summed E-state index contributed by atoms with van der Waals surface area (Å²) >= 11 is 0. The number of hydrogen-bond acceptors (Lipinski definition) is 2. The molecule has 144 valence electrons. The predicted octanol–water partition coefficient (Wildman–Crippen LogP) is 4.94. The van der Waals surface area contributed by atoms with Crippen molar-refractivity contribution in [2.24, 2.45) is 7.05 Å². The minimum atomic E-state index is -3.91. The Morgan fingerprint density at radius 2 is 1.59 bits per heavy atom. The highest BCUT2D eigenvalue weighted by Crippen LogP contribution is 2.36. The van der Waals surface area contributed by atoms with Gasteiger partial charge in [-0.2, -0.15) is 4.31 Å². The van der Waals surface area contributed by atoms with Crippen LogP contribution in [0, 0.1) is 19.4 Å². The molecular formula is C24H20N2O2S. The molecule has 3 aromatic carbocycles. The van der Waals surface area contributed by atoms with Crippen molar-refractivity contribution in [2.45, 2.75) is 11.8 Å². The number of terminal acetylenes is 1. The zero-order valence-corrected chi connectivity index (χ0v) is 17.0. The van der Waals surface area contributed by atoms with E-state index in [4.69, 9.17) is 6.42 Å². The Kier molecular flexibility index (Phi) is 4.65. The number of benzene rings is 3. The Hall–Kier alpha value is -3.49. The lowest BCUT2D eigenvalue weighted by Gasteiger charge is -2.21. The second kappa shape index (κ2) is 7.16. The van der Waals surface area contributed by atoms with Crippen LogP contribution >= 0.6 is 0 Å². The SMILES string of the molecule is C#CN(c1ccccc1-c1cc2ccccc2n1C)S(=O)(=O)c1ccc(C)cc1. The summed E-state index contributed by atoms with van der Waals surface area (Å²) in [5, 5.41) is 1.08. The number of para-hydroxylation sites is 2. The van der Waals surface area contributed by atoms with E-state index in [0.29, 0.717) is 5.69 Å². The van der Waals surface area contributed by atoms with Gasteiger partial charge in [-0.1, -0.05) is 60.5 Å². The first kappa shape index (κ1) is 18.9. The monoisotopic (exact) mass is 400 g/mol. The standard InChI is InChI=1S/C24H20N2O2S/c1-4-26(29(27,28)20-15-13-18(2)14-16-20)23-12-8-6-10-21(23)24-17-19-9-5-7-11-22(19)25(24)3/h1,5-17H,2-3H3. The van der Waals surface area contributed by atoms with Crippen LogP contribution in [0.25, 0.3) is 22.2 Å². The molecule has 0 spiro atoms. The zero-order valence-electron chi connectivity index (χ0n) is 16.2. The van der Waals surface area contributed by atoms with Gasteiger partial charge in [-0.3, -0.25) is 0 Å². The Morgan fingerprint density at radius 3 is 2.28 bits per heavy atom. The van der Waals surface area contributed by atoms with Gasteiger partial charge in [-0.25, -0.2) is 8.42 Å². The van der Waals surface area contributed by atoms with Gasteiger partial charge in [0.1, 0.15) is 0 Å². The number of nitrogens with zero attached hydrogens (tertiary/aromatic N) is 2. The molecule has 0 N–H and O–H groups in total. The van der Waals surface area contributed by atoms with E-state index in [1.54, 1.807) is 36.4 Å². The second-order valence-electron chi connectivity index (χ2n) is 6.88. The molecule has 4 nitrogen and oxygen atoms in total. The molecular weight excluding hydrogens is 380 g/mol. The van der Waals surface area contributed by atoms with E-state index in [-0.39, 0.29) is 4.90 Å². The molecule has 0 radical (unpaired) electrons. The average Bonchev–Trinajstić information content (AvgIpc) is 3.06. The van der Waals surface area contributed by atoms with E-state index in [1.165, 1.54) is 0 Å². The molecule has 0 bridgehead atoms. The molecule has 0 atom stereocenters. The van der Waals surface area contributed by atoms with E-state index in [1.807, 2.05) is 61.0 Å². The topological polar surface area (TPSA) is 42.3 Å². The summed E-state index contributed by atoms with van der Waals surface area (Å²) in [7, 11) is -1.94. The van der Waals surface area contributed by atoms with Crippen molar-refractivity contribution in [3.8, 4) is 23.7 Å². The van der Waals surface area contributed by atoms with Crippen LogP contribution in [-0.2, 0) is 17.1 Å². The summed E-state index contributed by atoms with van der Waals surface area (Å²) < 4.78 is 29.6. The largest absolute Gasteiger partial charge is 0.344 e. The first-order valence-corrected chi connectivity index (χ1v) is 10.6. The van der Waals surface area contributed by atoms with Gasteiger partial charge in [0.05, 0.1) is 16.3 Å². The van der Waals surface area contributed by atoms with Crippen LogP contribution in [0.4, 0.5) is 5.69 Å². The van der Waals surface area contributed by atoms with Crippen molar-refractivity contribution >= 4 is 26.6 Å². The highest BCUT2D eigenvalue weighted by molar-refractivity contribution is 7.93. The number of fused-ring (bicyclic) bond motifs is 1. The number of anilines is 1. The lowest BCUT2D eigenvalue weighted by atomic mass is 10.1. The Labute approximate surface area is 171 Å². The van der Waals surface area contributed by atoms with Crippen LogP contribution in [0.15, 0.2) is 83.8 Å². The summed E-state index contributed by atoms with van der Waals surface area (Å²) in [6.07, 6.45) is 5.71. The maximum Gasteiger partial charge on any atom is 0.275 e. The molecule has 0 saturated carbocycles. The lowest BCUT2D eigenvalue weighted by molar-refractivity contribution is 0.596. The maximum absolute atomic E-state index is 13.3. The minimum Gasteiger partial charge on any atom is -0.344 e. The summed E-state index contributed by atoms with van der Waals surface area (Å²) in [6, 6.07) is 26.4. The summed E-state index contributed by atoms with van der Waals surface area (Å²) in [4.78, 5) is 0.160. The van der Waals surface area contributed by atoms with Gasteiger partial charge < -0.3 is 4.57 Å². The first-order valence-electron chi connectivity index (χ1n) is 9.15. The number of aryl methyl sites for hydroxylation is 2. The van der Waals surface area contributed by atoms with Crippen LogP contribution in [0.2, 0.25) is 0 Å². The Bertz CT molecular complexity index is 1340. The normalized spacial score (nSPS) is 11.3. The molecule has 1 aromatic heterocycles. The second-order valence-corrected chi connectivity index (χ2v) is 8.66. The molecule has 0 aliphatic rings. The summed E-state index contributed by atoms with van der Waals surface area (Å²) in [5.74, 6) is 0. The van der Waals surface area contributed by atoms with E-state index in [0.717, 1.165) is 32.0 Å². The van der Waals surface area contributed by atoms with Gasteiger partial charge in [0.2, 0.25) is 0 Å². The third-order valence-electron chi connectivity index (χ3n) is 5.03. The molecule has 0 fully saturated rings. The fourth-order valence-electron chi connectivity index (χ4n) is 3.50. The van der Waals surface area contributed by atoms with Gasteiger partial charge in [0.25, 0.3) is 10.0 Å². The van der Waals surface area contributed by atoms with Gasteiger partial charge in [-0.15, -0.1) is 0 Å². The van der Waals surface area contributed by atoms with E-state index in [2.05, 4.69) is 6.04 Å². The molecule has 0 saturated heterocycles. The molecule has 0 aliphatic heterocycles. The zero-order chi connectivity index (χ0) is 20.6. The fourth-order valence-corrected chi connectivity index (χ4v) is 4.75. The quantitative estimate of drug-likeness (QED) is 0.360. The molecule has 5 heteroatoms. The maximum atomic E-state index is 13.3. The smallest absolute Gasteiger partial charge is 0.275 e. The van der Waals surface area contributed by atoms with Crippen LogP contribution in [0.1, 0.15) is 5.56 Å². The van der Waals surface area contributed by atoms with Crippen molar-refractivity contribution in [3.63, 3.8) is 0 Å². The highest BCUT2D eigenvalue weighted by Gasteiger charge is 2.26. The predicted molar refractivity (Wildman–Crippen MR) is 118 cm³/mol. The number of aromatic nitrogens is 1. The Morgan fingerprint density at radius 1 is 0.931 bits per heavy atom. The van der Waals surface area contributed by atoms with Crippen molar-refractivity contribution in [1.29, 1.82) is 0 Å². The fraction of sp³-hybridized carbons (Fsp3) is 0.0833. The van der Waals surface area contributed by atoms with Crippen molar-refractivity contribution in [3.05, 3.63) is 84.4 Å². The van der Waals surface area contributed by atoms with Crippen LogP contribution in [0.5, 0.6) is 0 Å². The highest BCUT2D eigenvalue weighted by atomic mass is 32.2. The first-order chi connectivity index (χ1) is 13.9. The summed E-state index contributed by atoms with van der Waals surface area (Å²) in [5.41, 5.74) is 4.13. The van der Waals surface area contributed by atoms with E-state index in [9.17, 15) is 8.42 Å². The van der Waals surface area contributed by atoms with Crippen molar-refractivity contribution in [1.82, 2.24) is 4.57 Å². The average molecular weight is 401 g/mol. The van der Waals surface area contributed by atoms with Crippen LogP contribution in [-0.4, -0.2) is 13.0 Å². The number of hydrogen-bond donors (Lipinski definition) is 0.